The quantitative estimate of drug-likeness (QED) is 0.353. The number of hydrogen-bond donors (Lipinski definition) is 0. The Balaban J connectivity index is 1.54. The molecule has 3 atom stereocenters. The number of hydrogen-bond acceptors (Lipinski definition) is 6. The van der Waals surface area contributed by atoms with Gasteiger partial charge in [-0.2, -0.15) is 0 Å². The zero-order valence-corrected chi connectivity index (χ0v) is 20.2. The summed E-state index contributed by atoms with van der Waals surface area (Å²) in [6.45, 7) is 6.64. The molecular weight excluding hydrogens is 438 g/mol. The number of carbonyl (C=O) groups is 1. The summed E-state index contributed by atoms with van der Waals surface area (Å²) in [5.74, 6) is -0.286. The second-order valence-corrected chi connectivity index (χ2v) is 8.32. The highest BCUT2D eigenvalue weighted by atomic mass is 32.1. The van der Waals surface area contributed by atoms with E-state index in [9.17, 15) is 4.79 Å². The van der Waals surface area contributed by atoms with Crippen LogP contribution in [-0.2, 0) is 37.0 Å². The summed E-state index contributed by atoms with van der Waals surface area (Å²) in [6, 6.07) is 19.6. The van der Waals surface area contributed by atoms with Gasteiger partial charge in [0.2, 0.25) is 0 Å². The second-order valence-electron chi connectivity index (χ2n) is 7.97. The van der Waals surface area contributed by atoms with Crippen LogP contribution in [-0.4, -0.2) is 54.1 Å². The number of ether oxygens (including phenoxy) is 4. The van der Waals surface area contributed by atoms with Gasteiger partial charge in [-0.25, -0.2) is 0 Å². The minimum Gasteiger partial charge on any atom is -0.468 e. The van der Waals surface area contributed by atoms with Gasteiger partial charge in [0.15, 0.2) is 0 Å². The molecule has 2 aromatic carbocycles. The molecule has 1 aliphatic rings. The fourth-order valence-electron chi connectivity index (χ4n) is 3.74. The van der Waals surface area contributed by atoms with Gasteiger partial charge in [-0.05, 0) is 37.2 Å². The third kappa shape index (κ3) is 8.11. The second kappa shape index (κ2) is 13.3. The van der Waals surface area contributed by atoms with Crippen molar-refractivity contribution >= 4 is 23.4 Å². The Morgan fingerprint density at radius 3 is 2.18 bits per heavy atom. The maximum absolute atomic E-state index is 12.4. The van der Waals surface area contributed by atoms with E-state index >= 15 is 0 Å². The summed E-state index contributed by atoms with van der Waals surface area (Å²) in [6.07, 6.45) is -0.0237. The molecule has 3 rings (SSSR count). The molecular formula is C26H33NO5S. The lowest BCUT2D eigenvalue weighted by Crippen LogP contribution is -2.36. The third-order valence-corrected chi connectivity index (χ3v) is 5.99. The van der Waals surface area contributed by atoms with Crippen LogP contribution in [0, 0.1) is 0 Å². The molecule has 0 spiro atoms. The highest BCUT2D eigenvalue weighted by molar-refractivity contribution is 7.80. The van der Waals surface area contributed by atoms with Crippen molar-refractivity contribution in [3.8, 4) is 0 Å². The van der Waals surface area contributed by atoms with E-state index in [1.54, 1.807) is 0 Å². The molecule has 7 heteroatoms. The summed E-state index contributed by atoms with van der Waals surface area (Å²) >= 11 is 5.40. The molecule has 1 fully saturated rings. The molecule has 0 aliphatic carbocycles. The molecule has 1 aliphatic heterocycles. The molecule has 178 valence electrons. The van der Waals surface area contributed by atoms with Crippen LogP contribution in [0.5, 0.6) is 0 Å². The molecule has 0 unspecified atom stereocenters. The van der Waals surface area contributed by atoms with E-state index < -0.39 is 0 Å². The van der Waals surface area contributed by atoms with Crippen LogP contribution < -0.4 is 0 Å². The number of benzene rings is 2. The maximum atomic E-state index is 12.4. The van der Waals surface area contributed by atoms with Gasteiger partial charge in [-0.3, -0.25) is 4.79 Å². The number of rotatable bonds is 11. The van der Waals surface area contributed by atoms with Crippen molar-refractivity contribution in [2.45, 2.75) is 58.2 Å². The third-order valence-electron chi connectivity index (χ3n) is 5.61. The Morgan fingerprint density at radius 2 is 1.58 bits per heavy atom. The maximum Gasteiger partial charge on any atom is 0.308 e. The molecule has 0 amide bonds. The van der Waals surface area contributed by atoms with Gasteiger partial charge in [0.1, 0.15) is 19.3 Å². The Morgan fingerprint density at radius 1 is 0.970 bits per heavy atom. The van der Waals surface area contributed by atoms with Crippen LogP contribution >= 0.6 is 12.2 Å². The summed E-state index contributed by atoms with van der Waals surface area (Å²) in [4.78, 5) is 14.4. The Kier molecular flexibility index (Phi) is 10.1. The van der Waals surface area contributed by atoms with Crippen LogP contribution in [0.1, 0.15) is 37.8 Å². The fourth-order valence-corrected chi connectivity index (χ4v) is 4.07. The minimum absolute atomic E-state index is 0.176. The van der Waals surface area contributed by atoms with Crippen molar-refractivity contribution in [2.75, 3.05) is 19.7 Å². The lowest BCUT2D eigenvalue weighted by atomic mass is 10.1. The smallest absolute Gasteiger partial charge is 0.308 e. The summed E-state index contributed by atoms with van der Waals surface area (Å²) in [5.41, 5.74) is 2.04. The summed E-state index contributed by atoms with van der Waals surface area (Å²) in [5, 5.41) is 0.455. The van der Waals surface area contributed by atoms with E-state index in [-0.39, 0.29) is 43.9 Å². The lowest BCUT2D eigenvalue weighted by molar-refractivity contribution is -0.148. The fraction of sp³-hybridized carbons (Fsp3) is 0.462. The Labute approximate surface area is 201 Å². The van der Waals surface area contributed by atoms with Crippen molar-refractivity contribution in [1.82, 2.24) is 4.90 Å². The van der Waals surface area contributed by atoms with E-state index in [4.69, 9.17) is 31.2 Å². The van der Waals surface area contributed by atoms with Crippen LogP contribution in [0.4, 0.5) is 0 Å². The predicted octanol–water partition coefficient (Wildman–Crippen LogP) is 4.51. The lowest BCUT2D eigenvalue weighted by Gasteiger charge is -2.24. The van der Waals surface area contributed by atoms with E-state index in [1.807, 2.05) is 79.4 Å². The molecule has 6 nitrogen and oxygen atoms in total. The van der Waals surface area contributed by atoms with Gasteiger partial charge in [0.05, 0.1) is 25.2 Å². The molecule has 1 saturated heterocycles. The monoisotopic (exact) mass is 471 g/mol. The van der Waals surface area contributed by atoms with E-state index in [0.717, 1.165) is 24.2 Å². The van der Waals surface area contributed by atoms with Crippen LogP contribution in [0.15, 0.2) is 60.7 Å². The van der Waals surface area contributed by atoms with Crippen molar-refractivity contribution in [3.05, 3.63) is 71.8 Å². The first-order valence-corrected chi connectivity index (χ1v) is 11.9. The van der Waals surface area contributed by atoms with Crippen LogP contribution in [0.3, 0.4) is 0 Å². The molecule has 0 N–H and O–H groups in total. The molecule has 0 bridgehead atoms. The number of esters is 1. The van der Waals surface area contributed by atoms with Crippen molar-refractivity contribution < 1.29 is 23.7 Å². The van der Waals surface area contributed by atoms with E-state index in [1.165, 1.54) is 0 Å². The molecule has 0 saturated carbocycles. The van der Waals surface area contributed by atoms with Crippen LogP contribution in [0.25, 0.3) is 0 Å². The number of nitrogens with zero attached hydrogens (tertiary/aromatic N) is 1. The van der Waals surface area contributed by atoms with Gasteiger partial charge in [-0.1, -0.05) is 60.7 Å². The van der Waals surface area contributed by atoms with Crippen molar-refractivity contribution in [1.29, 1.82) is 0 Å². The van der Waals surface area contributed by atoms with Gasteiger partial charge in [-0.15, -0.1) is 0 Å². The van der Waals surface area contributed by atoms with Gasteiger partial charge >= 0.3 is 5.97 Å². The first-order valence-electron chi connectivity index (χ1n) is 11.5. The minimum atomic E-state index is -0.311. The Hall–Kier alpha value is -2.48. The van der Waals surface area contributed by atoms with Gasteiger partial charge in [0.25, 0.3) is 5.17 Å². The Bertz CT molecular complexity index is 860. The standard InChI is InChI=1S/C26H33NO5S/c1-3-27(4-2)26(33)31-19-24-23(29-17-20-11-7-5-8-12-20)15-22(32-24)16-25(28)30-18-21-13-9-6-10-14-21/h5-14,22-24H,3-4,15-19H2,1-2H3/t22-,23-,24+/m0/s1. The summed E-state index contributed by atoms with van der Waals surface area (Å²) < 4.78 is 23.6. The molecule has 0 radical (unpaired) electrons. The van der Waals surface area contributed by atoms with E-state index in [2.05, 4.69) is 0 Å². The molecule has 1 heterocycles. The van der Waals surface area contributed by atoms with Crippen molar-refractivity contribution in [2.24, 2.45) is 0 Å². The van der Waals surface area contributed by atoms with Crippen LogP contribution in [0.2, 0.25) is 0 Å². The first-order chi connectivity index (χ1) is 16.1. The topological polar surface area (TPSA) is 57.2 Å². The summed E-state index contributed by atoms with van der Waals surface area (Å²) in [7, 11) is 0. The SMILES string of the molecule is CCN(CC)C(=S)OC[C@H]1O[C@H](CC(=O)OCc2ccccc2)C[C@@H]1OCc1ccccc1. The zero-order valence-electron chi connectivity index (χ0n) is 19.4. The largest absolute Gasteiger partial charge is 0.468 e. The zero-order chi connectivity index (χ0) is 23.5. The molecule has 33 heavy (non-hydrogen) atoms. The van der Waals surface area contributed by atoms with Gasteiger partial charge < -0.3 is 23.8 Å². The average Bonchev–Trinajstić information content (AvgIpc) is 3.23. The highest BCUT2D eigenvalue weighted by Gasteiger charge is 2.38. The number of carbonyl (C=O) groups excluding carboxylic acids is 1. The average molecular weight is 472 g/mol. The normalized spacial score (nSPS) is 19.8. The van der Waals surface area contributed by atoms with Gasteiger partial charge in [0, 0.05) is 19.5 Å². The molecule has 2 aromatic rings. The number of thiocarbonyl (C=S) groups is 1. The predicted molar refractivity (Wildman–Crippen MR) is 131 cm³/mol. The van der Waals surface area contributed by atoms with E-state index in [0.29, 0.717) is 18.2 Å². The molecule has 0 aromatic heterocycles. The van der Waals surface area contributed by atoms with Crippen molar-refractivity contribution in [3.63, 3.8) is 0 Å². The highest BCUT2D eigenvalue weighted by Crippen LogP contribution is 2.27. The first kappa shape index (κ1) is 25.1.